The van der Waals surface area contributed by atoms with Crippen LogP contribution in [0.15, 0.2) is 30.9 Å². The van der Waals surface area contributed by atoms with Gasteiger partial charge in [-0.05, 0) is 18.2 Å². The highest BCUT2D eigenvalue weighted by Crippen LogP contribution is 2.26. The molecular formula is C10H11FO2. The van der Waals surface area contributed by atoms with E-state index in [4.69, 9.17) is 4.74 Å². The molecule has 0 saturated heterocycles. The summed E-state index contributed by atoms with van der Waals surface area (Å²) in [6.45, 7) is 3.41. The highest BCUT2D eigenvalue weighted by Gasteiger charge is 2.10. The van der Waals surface area contributed by atoms with Crippen LogP contribution in [-0.2, 0) is 0 Å². The molecule has 0 saturated carbocycles. The molecule has 2 nitrogen and oxygen atoms in total. The number of methoxy groups -OCH3 is 1. The monoisotopic (exact) mass is 182 g/mol. The topological polar surface area (TPSA) is 29.5 Å². The number of hydrogen-bond donors (Lipinski definition) is 1. The van der Waals surface area contributed by atoms with Gasteiger partial charge in [-0.25, -0.2) is 4.39 Å². The predicted octanol–water partition coefficient (Wildman–Crippen LogP) is 2.05. The molecule has 0 aliphatic heterocycles. The van der Waals surface area contributed by atoms with E-state index in [1.54, 1.807) is 0 Å². The Bertz CT molecular complexity index is 310. The second-order valence-electron chi connectivity index (χ2n) is 2.57. The minimum atomic E-state index is -0.898. The Morgan fingerprint density at radius 3 is 2.85 bits per heavy atom. The fourth-order valence-corrected chi connectivity index (χ4v) is 1.06. The number of aliphatic hydroxyl groups is 1. The van der Waals surface area contributed by atoms with Crippen LogP contribution < -0.4 is 4.74 Å². The fourth-order valence-electron chi connectivity index (χ4n) is 1.06. The number of halogens is 1. The largest absolute Gasteiger partial charge is 0.496 e. The molecule has 1 aromatic rings. The van der Waals surface area contributed by atoms with Crippen LogP contribution in [0.1, 0.15) is 11.7 Å². The van der Waals surface area contributed by atoms with Crippen molar-refractivity contribution in [3.63, 3.8) is 0 Å². The molecule has 0 aliphatic carbocycles. The van der Waals surface area contributed by atoms with Crippen LogP contribution in [0.5, 0.6) is 5.75 Å². The summed E-state index contributed by atoms with van der Waals surface area (Å²) >= 11 is 0. The van der Waals surface area contributed by atoms with Gasteiger partial charge in [0.2, 0.25) is 0 Å². The molecule has 0 bridgehead atoms. The van der Waals surface area contributed by atoms with Crippen molar-refractivity contribution in [2.75, 3.05) is 7.11 Å². The Morgan fingerprint density at radius 2 is 2.31 bits per heavy atom. The van der Waals surface area contributed by atoms with Crippen LogP contribution in [0, 0.1) is 5.82 Å². The van der Waals surface area contributed by atoms with E-state index in [9.17, 15) is 9.50 Å². The summed E-state index contributed by atoms with van der Waals surface area (Å²) in [5.74, 6) is 0.0468. The molecule has 0 fully saturated rings. The average molecular weight is 182 g/mol. The maximum atomic E-state index is 12.8. The predicted molar refractivity (Wildman–Crippen MR) is 48.1 cm³/mol. The third-order valence-electron chi connectivity index (χ3n) is 1.73. The van der Waals surface area contributed by atoms with E-state index < -0.39 is 11.9 Å². The molecule has 0 aromatic heterocycles. The van der Waals surface area contributed by atoms with Crippen LogP contribution in [0.25, 0.3) is 0 Å². The molecule has 1 unspecified atom stereocenters. The molecule has 1 N–H and O–H groups in total. The maximum absolute atomic E-state index is 12.8. The van der Waals surface area contributed by atoms with Gasteiger partial charge in [0, 0.05) is 5.56 Å². The second-order valence-corrected chi connectivity index (χ2v) is 2.57. The molecule has 13 heavy (non-hydrogen) atoms. The van der Waals surface area contributed by atoms with Gasteiger partial charge >= 0.3 is 0 Å². The summed E-state index contributed by atoms with van der Waals surface area (Å²) in [6.07, 6.45) is 0.419. The molecule has 70 valence electrons. The number of rotatable bonds is 3. The SMILES string of the molecule is C=CC(O)c1cc(F)ccc1OC. The number of aliphatic hydroxyl groups excluding tert-OH is 1. The van der Waals surface area contributed by atoms with Gasteiger partial charge < -0.3 is 9.84 Å². The van der Waals surface area contributed by atoms with E-state index in [0.29, 0.717) is 11.3 Å². The van der Waals surface area contributed by atoms with Crippen LogP contribution in [-0.4, -0.2) is 12.2 Å². The van der Waals surface area contributed by atoms with Gasteiger partial charge in [-0.3, -0.25) is 0 Å². The van der Waals surface area contributed by atoms with Gasteiger partial charge in [-0.2, -0.15) is 0 Å². The quantitative estimate of drug-likeness (QED) is 0.725. The lowest BCUT2D eigenvalue weighted by Gasteiger charge is -2.10. The van der Waals surface area contributed by atoms with Crippen molar-refractivity contribution in [1.29, 1.82) is 0 Å². The Hall–Kier alpha value is -1.35. The van der Waals surface area contributed by atoms with Crippen LogP contribution in [0.4, 0.5) is 4.39 Å². The zero-order valence-corrected chi connectivity index (χ0v) is 7.33. The van der Waals surface area contributed by atoms with E-state index in [0.717, 1.165) is 0 Å². The summed E-state index contributed by atoms with van der Waals surface area (Å²) in [5.41, 5.74) is 0.387. The first-order chi connectivity index (χ1) is 6.19. The molecule has 0 radical (unpaired) electrons. The third-order valence-corrected chi connectivity index (χ3v) is 1.73. The van der Waals surface area contributed by atoms with Gasteiger partial charge in [-0.15, -0.1) is 6.58 Å². The van der Waals surface area contributed by atoms with Gasteiger partial charge in [0.05, 0.1) is 7.11 Å². The molecule has 1 aromatic carbocycles. The molecule has 0 amide bonds. The minimum Gasteiger partial charge on any atom is -0.496 e. The maximum Gasteiger partial charge on any atom is 0.125 e. The van der Waals surface area contributed by atoms with E-state index in [1.165, 1.54) is 31.4 Å². The summed E-state index contributed by atoms with van der Waals surface area (Å²) in [6, 6.07) is 3.97. The number of benzene rings is 1. The van der Waals surface area contributed by atoms with Crippen molar-refractivity contribution in [2.24, 2.45) is 0 Å². The van der Waals surface area contributed by atoms with Crippen molar-refractivity contribution in [2.45, 2.75) is 6.10 Å². The van der Waals surface area contributed by atoms with Crippen molar-refractivity contribution >= 4 is 0 Å². The van der Waals surface area contributed by atoms with Crippen molar-refractivity contribution in [3.8, 4) is 5.75 Å². The van der Waals surface area contributed by atoms with Crippen molar-refractivity contribution < 1.29 is 14.2 Å². The second kappa shape index (κ2) is 4.05. The lowest BCUT2D eigenvalue weighted by Crippen LogP contribution is -1.98. The third kappa shape index (κ3) is 2.06. The van der Waals surface area contributed by atoms with E-state index in [2.05, 4.69) is 6.58 Å². The van der Waals surface area contributed by atoms with Crippen molar-refractivity contribution in [1.82, 2.24) is 0 Å². The molecule has 0 heterocycles. The summed E-state index contributed by atoms with van der Waals surface area (Å²) < 4.78 is 17.7. The molecular weight excluding hydrogens is 171 g/mol. The summed E-state index contributed by atoms with van der Waals surface area (Å²) in [7, 11) is 1.46. The molecule has 0 spiro atoms. The van der Waals surface area contributed by atoms with Crippen LogP contribution in [0.3, 0.4) is 0 Å². The molecule has 3 heteroatoms. The smallest absolute Gasteiger partial charge is 0.125 e. The Morgan fingerprint density at radius 1 is 1.62 bits per heavy atom. The van der Waals surface area contributed by atoms with E-state index in [1.807, 2.05) is 0 Å². The van der Waals surface area contributed by atoms with Crippen molar-refractivity contribution in [3.05, 3.63) is 42.2 Å². The van der Waals surface area contributed by atoms with Crippen LogP contribution >= 0.6 is 0 Å². The highest BCUT2D eigenvalue weighted by atomic mass is 19.1. The lowest BCUT2D eigenvalue weighted by molar-refractivity contribution is 0.222. The molecule has 1 rings (SSSR count). The lowest BCUT2D eigenvalue weighted by atomic mass is 10.1. The average Bonchev–Trinajstić information content (AvgIpc) is 2.16. The van der Waals surface area contributed by atoms with E-state index in [-0.39, 0.29) is 0 Å². The fraction of sp³-hybridized carbons (Fsp3) is 0.200. The number of ether oxygens (including phenoxy) is 1. The highest BCUT2D eigenvalue weighted by molar-refractivity contribution is 5.37. The van der Waals surface area contributed by atoms with Crippen LogP contribution in [0.2, 0.25) is 0 Å². The van der Waals surface area contributed by atoms with Gasteiger partial charge in [0.15, 0.2) is 0 Å². The zero-order valence-electron chi connectivity index (χ0n) is 7.33. The summed E-state index contributed by atoms with van der Waals surface area (Å²) in [4.78, 5) is 0. The molecule has 0 aliphatic rings. The normalized spacial score (nSPS) is 12.2. The Kier molecular flexibility index (Phi) is 3.03. The Labute approximate surface area is 76.3 Å². The minimum absolute atomic E-state index is 0.387. The van der Waals surface area contributed by atoms with E-state index >= 15 is 0 Å². The summed E-state index contributed by atoms with van der Waals surface area (Å²) in [5, 5.41) is 9.40. The van der Waals surface area contributed by atoms with Gasteiger partial charge in [0.1, 0.15) is 17.7 Å². The first kappa shape index (κ1) is 9.74. The van der Waals surface area contributed by atoms with Gasteiger partial charge in [0.25, 0.3) is 0 Å². The standard InChI is InChI=1S/C10H11FO2/c1-3-9(12)8-6-7(11)4-5-10(8)13-2/h3-6,9,12H,1H2,2H3. The first-order valence-corrected chi connectivity index (χ1v) is 3.83. The first-order valence-electron chi connectivity index (χ1n) is 3.83. The Balaban J connectivity index is 3.14. The molecule has 1 atom stereocenters. The zero-order chi connectivity index (χ0) is 9.84. The van der Waals surface area contributed by atoms with Gasteiger partial charge in [-0.1, -0.05) is 6.08 Å². The number of hydrogen-bond acceptors (Lipinski definition) is 2.